The van der Waals surface area contributed by atoms with Crippen molar-refractivity contribution in [2.24, 2.45) is 0 Å². The first-order valence-electron chi connectivity index (χ1n) is 9.87. The average Bonchev–Trinajstić information content (AvgIpc) is 2.79. The van der Waals surface area contributed by atoms with Gasteiger partial charge >= 0.3 is 0 Å². The van der Waals surface area contributed by atoms with Gasteiger partial charge in [-0.1, -0.05) is 47.5 Å². The molecule has 6 nitrogen and oxygen atoms in total. The molecule has 4 rings (SSSR count). The van der Waals surface area contributed by atoms with Crippen LogP contribution in [0.3, 0.4) is 0 Å². The lowest BCUT2D eigenvalue weighted by molar-refractivity contribution is -0.134. The fourth-order valence-corrected chi connectivity index (χ4v) is 4.78. The molecule has 3 aromatic carbocycles. The van der Waals surface area contributed by atoms with E-state index in [9.17, 15) is 13.2 Å². The predicted molar refractivity (Wildman–Crippen MR) is 125 cm³/mol. The van der Waals surface area contributed by atoms with E-state index >= 15 is 0 Å². The van der Waals surface area contributed by atoms with Gasteiger partial charge in [0, 0.05) is 13.1 Å². The van der Waals surface area contributed by atoms with Gasteiger partial charge < -0.3 is 9.64 Å². The summed E-state index contributed by atoms with van der Waals surface area (Å²) in [5.41, 5.74) is 2.72. The highest BCUT2D eigenvalue weighted by atomic mass is 35.5. The Morgan fingerprint density at radius 3 is 2.41 bits per heavy atom. The maximum absolute atomic E-state index is 12.6. The van der Waals surface area contributed by atoms with Gasteiger partial charge in [-0.3, -0.25) is 9.52 Å². The molecule has 1 N–H and O–H groups in total. The zero-order valence-electron chi connectivity index (χ0n) is 16.9. The van der Waals surface area contributed by atoms with Gasteiger partial charge in [-0.15, -0.1) is 0 Å². The maximum atomic E-state index is 12.6. The highest BCUT2D eigenvalue weighted by molar-refractivity contribution is 7.92. The van der Waals surface area contributed by atoms with Crippen molar-refractivity contribution in [1.29, 1.82) is 0 Å². The first-order chi connectivity index (χ1) is 15.3. The summed E-state index contributed by atoms with van der Waals surface area (Å²) in [6.07, 6.45) is 0.820. The highest BCUT2D eigenvalue weighted by Gasteiger charge is 2.21. The number of halogens is 2. The predicted octanol–water partition coefficient (Wildman–Crippen LogP) is 4.76. The number of carbonyl (C=O) groups is 1. The molecule has 0 saturated carbocycles. The molecule has 0 saturated heterocycles. The molecule has 0 bridgehead atoms. The van der Waals surface area contributed by atoms with Crippen molar-refractivity contribution >= 4 is 44.8 Å². The van der Waals surface area contributed by atoms with Crippen molar-refractivity contribution < 1.29 is 17.9 Å². The number of fused-ring (bicyclic) bond motifs is 1. The van der Waals surface area contributed by atoms with Crippen LogP contribution >= 0.6 is 23.2 Å². The molecule has 166 valence electrons. The normalized spacial score (nSPS) is 13.4. The summed E-state index contributed by atoms with van der Waals surface area (Å²) < 4.78 is 33.2. The SMILES string of the molecule is O=C(COc1ccc(S(=O)(=O)Nc2ccc(Cl)c(Cl)c2)cc1)N1CCc2ccccc2C1. The quantitative estimate of drug-likeness (QED) is 0.540. The number of hydrogen-bond donors (Lipinski definition) is 1. The zero-order valence-corrected chi connectivity index (χ0v) is 19.3. The molecule has 0 fully saturated rings. The van der Waals surface area contributed by atoms with Crippen LogP contribution in [0.15, 0.2) is 71.6 Å². The first kappa shape index (κ1) is 22.5. The number of benzene rings is 3. The van der Waals surface area contributed by atoms with Gasteiger partial charge in [-0.2, -0.15) is 0 Å². The van der Waals surface area contributed by atoms with Gasteiger partial charge in [-0.25, -0.2) is 8.42 Å². The minimum absolute atomic E-state index is 0.0508. The smallest absolute Gasteiger partial charge is 0.261 e. The van der Waals surface area contributed by atoms with Gasteiger partial charge in [0.05, 0.1) is 20.6 Å². The molecular formula is C23H20Cl2N2O4S. The van der Waals surface area contributed by atoms with E-state index < -0.39 is 10.0 Å². The molecule has 9 heteroatoms. The summed E-state index contributed by atoms with van der Waals surface area (Å²) in [6.45, 7) is 1.10. The molecule has 1 aliphatic rings. The molecule has 0 spiro atoms. The Balaban J connectivity index is 1.35. The fraction of sp³-hybridized carbons (Fsp3) is 0.174. The summed E-state index contributed by atoms with van der Waals surface area (Å²) in [4.78, 5) is 14.4. The fourth-order valence-electron chi connectivity index (χ4n) is 3.43. The van der Waals surface area contributed by atoms with E-state index in [0.29, 0.717) is 29.5 Å². The molecule has 1 amide bonds. The minimum Gasteiger partial charge on any atom is -0.484 e. The van der Waals surface area contributed by atoms with Crippen LogP contribution < -0.4 is 9.46 Å². The first-order valence-corrected chi connectivity index (χ1v) is 12.1. The molecule has 0 aliphatic carbocycles. The number of amides is 1. The van der Waals surface area contributed by atoms with E-state index in [1.165, 1.54) is 48.0 Å². The number of rotatable bonds is 6. The van der Waals surface area contributed by atoms with Crippen molar-refractivity contribution in [2.45, 2.75) is 17.9 Å². The second kappa shape index (κ2) is 9.40. The van der Waals surface area contributed by atoms with Crippen LogP contribution in [-0.4, -0.2) is 32.4 Å². The van der Waals surface area contributed by atoms with Crippen LogP contribution in [0.1, 0.15) is 11.1 Å². The van der Waals surface area contributed by atoms with Gasteiger partial charge in [0.2, 0.25) is 0 Å². The van der Waals surface area contributed by atoms with E-state index in [1.807, 2.05) is 18.2 Å². The van der Waals surface area contributed by atoms with Crippen LogP contribution in [-0.2, 0) is 27.8 Å². The number of ether oxygens (including phenoxy) is 1. The summed E-state index contributed by atoms with van der Waals surface area (Å²) in [5.74, 6) is 0.293. The standard InChI is InChI=1S/C23H20Cl2N2O4S/c24-21-10-5-18(13-22(21)25)26-32(29,30)20-8-6-19(7-9-20)31-15-23(28)27-12-11-16-3-1-2-4-17(16)14-27/h1-10,13,26H,11-12,14-15H2. The number of nitrogens with one attached hydrogen (secondary N) is 1. The third kappa shape index (κ3) is 5.18. The zero-order chi connectivity index (χ0) is 22.7. The second-order valence-electron chi connectivity index (χ2n) is 7.33. The largest absolute Gasteiger partial charge is 0.484 e. The Morgan fingerprint density at radius 1 is 0.969 bits per heavy atom. The van der Waals surface area contributed by atoms with Crippen molar-refractivity contribution in [2.75, 3.05) is 17.9 Å². The van der Waals surface area contributed by atoms with Crippen LogP contribution in [0.5, 0.6) is 5.75 Å². The molecule has 3 aromatic rings. The second-order valence-corrected chi connectivity index (χ2v) is 9.83. The lowest BCUT2D eigenvalue weighted by atomic mass is 10.00. The third-order valence-electron chi connectivity index (χ3n) is 5.15. The van der Waals surface area contributed by atoms with Gasteiger partial charge in [0.15, 0.2) is 6.61 Å². The molecule has 0 aromatic heterocycles. The molecule has 0 unspecified atom stereocenters. The summed E-state index contributed by atoms with van der Waals surface area (Å²) in [7, 11) is -3.82. The van der Waals surface area contributed by atoms with E-state index in [-0.39, 0.29) is 22.4 Å². The van der Waals surface area contributed by atoms with Crippen molar-refractivity contribution in [3.63, 3.8) is 0 Å². The third-order valence-corrected chi connectivity index (χ3v) is 7.29. The highest BCUT2D eigenvalue weighted by Crippen LogP contribution is 2.27. The van der Waals surface area contributed by atoms with Crippen molar-refractivity contribution in [1.82, 2.24) is 4.90 Å². The van der Waals surface area contributed by atoms with E-state index in [4.69, 9.17) is 27.9 Å². The average molecular weight is 491 g/mol. The Kier molecular flexibility index (Phi) is 6.60. The molecule has 32 heavy (non-hydrogen) atoms. The lowest BCUT2D eigenvalue weighted by Gasteiger charge is -2.28. The number of nitrogens with zero attached hydrogens (tertiary/aromatic N) is 1. The van der Waals surface area contributed by atoms with Crippen LogP contribution in [0.2, 0.25) is 10.0 Å². The summed E-state index contributed by atoms with van der Waals surface area (Å²) in [6, 6.07) is 18.4. The monoisotopic (exact) mass is 490 g/mol. The molecule has 1 heterocycles. The van der Waals surface area contributed by atoms with Crippen molar-refractivity contribution in [3.8, 4) is 5.75 Å². The molecule has 1 aliphatic heterocycles. The summed E-state index contributed by atoms with van der Waals surface area (Å²) >= 11 is 11.8. The van der Waals surface area contributed by atoms with E-state index in [1.54, 1.807) is 4.90 Å². The van der Waals surface area contributed by atoms with Crippen LogP contribution in [0, 0.1) is 0 Å². The maximum Gasteiger partial charge on any atom is 0.261 e. The Morgan fingerprint density at radius 2 is 1.69 bits per heavy atom. The van der Waals surface area contributed by atoms with Gasteiger partial charge in [-0.05, 0) is 60.0 Å². The Hall–Kier alpha value is -2.74. The van der Waals surface area contributed by atoms with Crippen molar-refractivity contribution in [3.05, 3.63) is 87.9 Å². The summed E-state index contributed by atoms with van der Waals surface area (Å²) in [5, 5.41) is 0.580. The van der Waals surface area contributed by atoms with E-state index in [2.05, 4.69) is 10.8 Å². The van der Waals surface area contributed by atoms with Crippen LogP contribution in [0.4, 0.5) is 5.69 Å². The molecular weight excluding hydrogens is 471 g/mol. The Labute approximate surface area is 196 Å². The number of hydrogen-bond acceptors (Lipinski definition) is 4. The number of carbonyl (C=O) groups excluding carboxylic acids is 1. The molecule has 0 atom stereocenters. The Bertz CT molecular complexity index is 1250. The van der Waals surface area contributed by atoms with Gasteiger partial charge in [0.25, 0.3) is 15.9 Å². The lowest BCUT2D eigenvalue weighted by Crippen LogP contribution is -2.38. The molecule has 0 radical (unpaired) electrons. The van der Waals surface area contributed by atoms with E-state index in [0.717, 1.165) is 12.0 Å². The topological polar surface area (TPSA) is 75.7 Å². The number of anilines is 1. The minimum atomic E-state index is -3.82. The van der Waals surface area contributed by atoms with Crippen LogP contribution in [0.25, 0.3) is 0 Å². The van der Waals surface area contributed by atoms with Gasteiger partial charge in [0.1, 0.15) is 5.75 Å². The number of sulfonamides is 1.